The minimum absolute atomic E-state index is 0.601. The van der Waals surface area contributed by atoms with Gasteiger partial charge >= 0.3 is 0 Å². The first kappa shape index (κ1) is 18.3. The van der Waals surface area contributed by atoms with Gasteiger partial charge in [0.25, 0.3) is 0 Å². The topological polar surface area (TPSA) is 27.7 Å². The summed E-state index contributed by atoms with van der Waals surface area (Å²) in [4.78, 5) is 2.40. The Bertz CT molecular complexity index is 1180. The lowest BCUT2D eigenvalue weighted by atomic mass is 9.91. The first-order valence-corrected chi connectivity index (χ1v) is 12.1. The minimum atomic E-state index is 0.601. The maximum Gasteiger partial charge on any atom is 0.179 e. The summed E-state index contributed by atoms with van der Waals surface area (Å²) in [5.41, 5.74) is 6.40. The smallest absolute Gasteiger partial charge is 0.179 e. The maximum absolute atomic E-state index is 6.12. The number of fused-ring (bicyclic) bond motifs is 3. The van der Waals surface area contributed by atoms with Gasteiger partial charge in [-0.2, -0.15) is 0 Å². The van der Waals surface area contributed by atoms with Crippen LogP contribution in [0.3, 0.4) is 0 Å². The lowest BCUT2D eigenvalue weighted by molar-refractivity contribution is 0.174. The largest absolute Gasteiger partial charge is 0.492 e. The van der Waals surface area contributed by atoms with Gasteiger partial charge in [-0.15, -0.1) is 22.7 Å². The Morgan fingerprint density at radius 3 is 2.10 bits per heavy atom. The van der Waals surface area contributed by atoms with Gasteiger partial charge in [0.15, 0.2) is 11.5 Å². The van der Waals surface area contributed by atoms with Crippen LogP contribution < -0.4 is 14.2 Å². The third kappa shape index (κ3) is 2.69. The predicted molar refractivity (Wildman–Crippen MR) is 125 cm³/mol. The number of benzene rings is 2. The molecular formula is C25H22O3S2. The van der Waals surface area contributed by atoms with E-state index in [-0.39, 0.29) is 0 Å². The van der Waals surface area contributed by atoms with Gasteiger partial charge in [0, 0.05) is 22.1 Å². The molecular weight excluding hydrogens is 412 g/mol. The van der Waals surface area contributed by atoms with E-state index in [2.05, 4.69) is 48.9 Å². The van der Waals surface area contributed by atoms with Crippen molar-refractivity contribution in [2.24, 2.45) is 0 Å². The lowest BCUT2D eigenvalue weighted by Gasteiger charge is -2.19. The number of thiophene rings is 2. The fraction of sp³-hybridized carbons (Fsp3) is 0.280. The molecule has 2 aliphatic heterocycles. The summed E-state index contributed by atoms with van der Waals surface area (Å²) < 4.78 is 17.9. The average Bonchev–Trinajstić information content (AvgIpc) is 3.39. The van der Waals surface area contributed by atoms with Crippen molar-refractivity contribution >= 4 is 33.4 Å². The van der Waals surface area contributed by atoms with Crippen molar-refractivity contribution in [3.8, 4) is 38.1 Å². The van der Waals surface area contributed by atoms with Crippen LogP contribution >= 0.6 is 22.7 Å². The molecule has 0 unspecified atom stereocenters. The monoisotopic (exact) mass is 434 g/mol. The zero-order chi connectivity index (χ0) is 20.2. The van der Waals surface area contributed by atoms with Crippen molar-refractivity contribution < 1.29 is 14.2 Å². The molecule has 2 aromatic heterocycles. The van der Waals surface area contributed by atoms with Gasteiger partial charge in [0.2, 0.25) is 0 Å². The molecule has 30 heavy (non-hydrogen) atoms. The van der Waals surface area contributed by atoms with Crippen molar-refractivity contribution in [1.82, 2.24) is 0 Å². The number of rotatable bonds is 2. The molecule has 4 aromatic rings. The summed E-state index contributed by atoms with van der Waals surface area (Å²) in [5, 5.41) is 6.95. The summed E-state index contributed by atoms with van der Waals surface area (Å²) >= 11 is 3.51. The van der Waals surface area contributed by atoms with Gasteiger partial charge in [0.1, 0.15) is 19.0 Å². The van der Waals surface area contributed by atoms with Crippen LogP contribution in [0.15, 0.2) is 35.0 Å². The maximum atomic E-state index is 6.12. The Balaban J connectivity index is 1.63. The fourth-order valence-electron chi connectivity index (χ4n) is 4.60. The van der Waals surface area contributed by atoms with Crippen molar-refractivity contribution in [2.45, 2.75) is 26.7 Å². The van der Waals surface area contributed by atoms with Gasteiger partial charge < -0.3 is 14.2 Å². The van der Waals surface area contributed by atoms with E-state index in [1.165, 1.54) is 43.5 Å². The third-order valence-electron chi connectivity index (χ3n) is 6.02. The second-order valence-electron chi connectivity index (χ2n) is 7.94. The van der Waals surface area contributed by atoms with E-state index in [4.69, 9.17) is 14.2 Å². The van der Waals surface area contributed by atoms with Crippen LogP contribution in [0.2, 0.25) is 0 Å². The molecule has 0 aliphatic carbocycles. The molecule has 6 rings (SSSR count). The second-order valence-corrected chi connectivity index (χ2v) is 9.70. The number of hydrogen-bond acceptors (Lipinski definition) is 5. The fourth-order valence-corrected chi connectivity index (χ4v) is 6.64. The molecule has 0 N–H and O–H groups in total. The number of ether oxygens (including phenoxy) is 3. The Morgan fingerprint density at radius 2 is 1.33 bits per heavy atom. The SMILES string of the molecule is Cc1ccc(-c2scc3c2OCCO3)c2c(C)ccc(-c3scc4c3OCCC4)c12. The normalized spacial score (nSPS) is 15.1. The van der Waals surface area contributed by atoms with Gasteiger partial charge in [-0.3, -0.25) is 0 Å². The Hall–Kier alpha value is -2.50. The molecule has 3 nitrogen and oxygen atoms in total. The van der Waals surface area contributed by atoms with Crippen LogP contribution in [-0.4, -0.2) is 19.8 Å². The highest BCUT2D eigenvalue weighted by Gasteiger charge is 2.25. The molecule has 0 amide bonds. The van der Waals surface area contributed by atoms with Crippen LogP contribution in [-0.2, 0) is 6.42 Å². The first-order chi connectivity index (χ1) is 14.7. The van der Waals surface area contributed by atoms with E-state index in [1.807, 2.05) is 0 Å². The quantitative estimate of drug-likeness (QED) is 0.340. The summed E-state index contributed by atoms with van der Waals surface area (Å²) in [5.74, 6) is 2.84. The van der Waals surface area contributed by atoms with Crippen molar-refractivity contribution in [3.05, 3.63) is 51.7 Å². The van der Waals surface area contributed by atoms with Crippen LogP contribution in [0.1, 0.15) is 23.1 Å². The van der Waals surface area contributed by atoms with E-state index in [1.54, 1.807) is 22.7 Å². The highest BCUT2D eigenvalue weighted by Crippen LogP contribution is 2.51. The Labute approximate surface area is 183 Å². The molecule has 2 aromatic carbocycles. The van der Waals surface area contributed by atoms with E-state index in [0.29, 0.717) is 13.2 Å². The standard InChI is InChI=1S/C25H22O3S2/c1-14-6-8-18(25-23-19(13-30-25)26-10-11-28-23)21-15(2)5-7-17(20(14)21)24-22-16(12-29-24)4-3-9-27-22/h5-8,12-13H,3-4,9-11H2,1-2H3. The lowest BCUT2D eigenvalue weighted by Crippen LogP contribution is -2.14. The van der Waals surface area contributed by atoms with E-state index in [9.17, 15) is 0 Å². The first-order valence-electron chi connectivity index (χ1n) is 10.4. The van der Waals surface area contributed by atoms with E-state index < -0.39 is 0 Å². The second kappa shape index (κ2) is 7.03. The average molecular weight is 435 g/mol. The molecule has 0 atom stereocenters. The van der Waals surface area contributed by atoms with Crippen LogP contribution in [0, 0.1) is 13.8 Å². The molecule has 0 radical (unpaired) electrons. The van der Waals surface area contributed by atoms with Crippen LogP contribution in [0.5, 0.6) is 17.2 Å². The molecule has 4 heterocycles. The molecule has 0 bridgehead atoms. The van der Waals surface area contributed by atoms with Gasteiger partial charge in [0.05, 0.1) is 16.4 Å². The van der Waals surface area contributed by atoms with E-state index in [0.717, 1.165) is 41.6 Å². The summed E-state index contributed by atoms with van der Waals surface area (Å²) in [6.45, 7) is 6.43. The summed E-state index contributed by atoms with van der Waals surface area (Å²) in [7, 11) is 0. The molecule has 2 aliphatic rings. The van der Waals surface area contributed by atoms with Crippen molar-refractivity contribution in [1.29, 1.82) is 0 Å². The molecule has 0 saturated carbocycles. The molecule has 152 valence electrons. The van der Waals surface area contributed by atoms with Gasteiger partial charge in [-0.25, -0.2) is 0 Å². The Kier molecular flexibility index (Phi) is 4.29. The highest BCUT2D eigenvalue weighted by molar-refractivity contribution is 7.14. The molecule has 0 saturated heterocycles. The zero-order valence-electron chi connectivity index (χ0n) is 17.0. The zero-order valence-corrected chi connectivity index (χ0v) is 18.7. The summed E-state index contributed by atoms with van der Waals surface area (Å²) in [6, 6.07) is 8.98. The Morgan fingerprint density at radius 1 is 0.700 bits per heavy atom. The third-order valence-corrected chi connectivity index (χ3v) is 8.04. The number of hydrogen-bond donors (Lipinski definition) is 0. The highest BCUT2D eigenvalue weighted by atomic mass is 32.1. The minimum Gasteiger partial charge on any atom is -0.492 e. The molecule has 0 fully saturated rings. The van der Waals surface area contributed by atoms with Gasteiger partial charge in [-0.05, 0) is 54.0 Å². The summed E-state index contributed by atoms with van der Waals surface area (Å²) in [6.07, 6.45) is 2.21. The molecule has 5 heteroatoms. The van der Waals surface area contributed by atoms with E-state index >= 15 is 0 Å². The number of aryl methyl sites for hydroxylation is 3. The van der Waals surface area contributed by atoms with Gasteiger partial charge in [-0.1, -0.05) is 24.3 Å². The van der Waals surface area contributed by atoms with Crippen molar-refractivity contribution in [3.63, 3.8) is 0 Å². The van der Waals surface area contributed by atoms with Crippen molar-refractivity contribution in [2.75, 3.05) is 19.8 Å². The predicted octanol–water partition coefficient (Wildman–Crippen LogP) is 7.01. The van der Waals surface area contributed by atoms with Crippen LogP contribution in [0.4, 0.5) is 0 Å². The molecule has 0 spiro atoms. The van der Waals surface area contributed by atoms with Crippen LogP contribution in [0.25, 0.3) is 31.7 Å².